The molecule has 10 nitrogen and oxygen atoms in total. The molecule has 0 bridgehead atoms. The quantitative estimate of drug-likeness (QED) is 0.487. The fourth-order valence-corrected chi connectivity index (χ4v) is 3.75. The summed E-state index contributed by atoms with van der Waals surface area (Å²) in [7, 11) is 0. The minimum atomic E-state index is -0.609. The lowest BCUT2D eigenvalue weighted by atomic mass is 10.0. The number of anilines is 2. The van der Waals surface area contributed by atoms with Gasteiger partial charge in [-0.25, -0.2) is 9.48 Å². The molecule has 5 rings (SSSR count). The van der Waals surface area contributed by atoms with Crippen molar-refractivity contribution in [2.75, 3.05) is 17.4 Å². The summed E-state index contributed by atoms with van der Waals surface area (Å²) < 4.78 is 12.2. The van der Waals surface area contributed by atoms with E-state index in [1.165, 1.54) is 0 Å². The first-order valence-corrected chi connectivity index (χ1v) is 10.7. The van der Waals surface area contributed by atoms with Crippen LogP contribution in [0.1, 0.15) is 20.1 Å². The van der Waals surface area contributed by atoms with Gasteiger partial charge in [0.1, 0.15) is 5.82 Å². The number of hydrogen-bond acceptors (Lipinski definition) is 6. The first-order valence-electron chi connectivity index (χ1n) is 10.7. The number of ether oxygens (including phenoxy) is 2. The lowest BCUT2D eigenvalue weighted by Gasteiger charge is -2.34. The Hall–Kier alpha value is -4.05. The van der Waals surface area contributed by atoms with Gasteiger partial charge in [-0.2, -0.15) is 5.10 Å². The fraction of sp³-hybridized carbons (Fsp3) is 0.261. The molecular formula is C23H24N6O4. The van der Waals surface area contributed by atoms with Gasteiger partial charge in [-0.1, -0.05) is 37.3 Å². The topological polar surface area (TPSA) is 119 Å². The van der Waals surface area contributed by atoms with E-state index < -0.39 is 12.3 Å². The standard InChI is InChI=1S/C23H24N6O4/c1-13-14(2)24-22(27-21(13)30)29-20(11-17(28-29)15-6-4-3-5-7-15)26-23(31)25-16-8-9-18-19(10-16)33-12-32-18/h3-11,13-14,22,24H,12H2,1-2H3,(H,27,30)(H2,25,26,31). The Morgan fingerprint density at radius 3 is 2.64 bits per heavy atom. The summed E-state index contributed by atoms with van der Waals surface area (Å²) in [6, 6.07) is 16.0. The zero-order valence-electron chi connectivity index (χ0n) is 18.2. The summed E-state index contributed by atoms with van der Waals surface area (Å²) in [5.41, 5.74) is 2.10. The van der Waals surface area contributed by atoms with Crippen LogP contribution in [0.25, 0.3) is 11.3 Å². The Bertz CT molecular complexity index is 1190. The maximum atomic E-state index is 12.8. The van der Waals surface area contributed by atoms with E-state index in [4.69, 9.17) is 9.47 Å². The highest BCUT2D eigenvalue weighted by atomic mass is 16.7. The smallest absolute Gasteiger partial charge is 0.324 e. The van der Waals surface area contributed by atoms with Gasteiger partial charge in [0, 0.05) is 29.4 Å². The molecule has 3 atom stereocenters. The van der Waals surface area contributed by atoms with E-state index in [-0.39, 0.29) is 24.7 Å². The van der Waals surface area contributed by atoms with Crippen molar-refractivity contribution in [3.8, 4) is 22.8 Å². The van der Waals surface area contributed by atoms with Gasteiger partial charge in [-0.05, 0) is 19.1 Å². The molecule has 0 radical (unpaired) electrons. The van der Waals surface area contributed by atoms with Gasteiger partial charge in [-0.3, -0.25) is 15.4 Å². The highest BCUT2D eigenvalue weighted by molar-refractivity contribution is 5.99. The maximum absolute atomic E-state index is 12.8. The monoisotopic (exact) mass is 448 g/mol. The van der Waals surface area contributed by atoms with E-state index in [0.717, 1.165) is 5.56 Å². The second-order valence-corrected chi connectivity index (χ2v) is 8.03. The number of nitrogens with zero attached hydrogens (tertiary/aromatic N) is 2. The third kappa shape index (κ3) is 4.20. The van der Waals surface area contributed by atoms with Crippen molar-refractivity contribution in [2.45, 2.75) is 26.2 Å². The van der Waals surface area contributed by atoms with E-state index >= 15 is 0 Å². The van der Waals surface area contributed by atoms with Crippen molar-refractivity contribution in [1.29, 1.82) is 0 Å². The Labute approximate surface area is 190 Å². The van der Waals surface area contributed by atoms with Crippen molar-refractivity contribution in [1.82, 2.24) is 20.4 Å². The number of hydrogen-bond donors (Lipinski definition) is 4. The van der Waals surface area contributed by atoms with Crippen molar-refractivity contribution in [2.24, 2.45) is 5.92 Å². The van der Waals surface area contributed by atoms with Gasteiger partial charge in [0.25, 0.3) is 0 Å². The van der Waals surface area contributed by atoms with Crippen LogP contribution in [-0.2, 0) is 4.79 Å². The SMILES string of the molecule is CC1NC(n2nc(-c3ccccc3)cc2NC(=O)Nc2ccc3c(c2)OCO3)NC(=O)C1C. The molecule has 3 amide bonds. The molecule has 1 fully saturated rings. The number of amides is 3. The van der Waals surface area contributed by atoms with E-state index in [2.05, 4.69) is 26.4 Å². The molecule has 2 aromatic carbocycles. The second-order valence-electron chi connectivity index (χ2n) is 8.03. The van der Waals surface area contributed by atoms with Crippen LogP contribution in [0.3, 0.4) is 0 Å². The van der Waals surface area contributed by atoms with Gasteiger partial charge >= 0.3 is 6.03 Å². The summed E-state index contributed by atoms with van der Waals surface area (Å²) >= 11 is 0. The van der Waals surface area contributed by atoms with E-state index in [1.54, 1.807) is 28.9 Å². The first-order chi connectivity index (χ1) is 16.0. The highest BCUT2D eigenvalue weighted by Crippen LogP contribution is 2.34. The number of aromatic nitrogens is 2. The number of benzene rings is 2. The summed E-state index contributed by atoms with van der Waals surface area (Å²) in [6.45, 7) is 3.96. The average Bonchev–Trinajstić information content (AvgIpc) is 3.44. The van der Waals surface area contributed by atoms with Crippen molar-refractivity contribution in [3.05, 3.63) is 54.6 Å². The molecule has 0 aliphatic carbocycles. The summed E-state index contributed by atoms with van der Waals surface area (Å²) in [4.78, 5) is 25.2. The van der Waals surface area contributed by atoms with Crippen LogP contribution < -0.4 is 30.7 Å². The first kappa shape index (κ1) is 20.8. The lowest BCUT2D eigenvalue weighted by molar-refractivity contribution is -0.130. The third-order valence-corrected chi connectivity index (χ3v) is 5.79. The average molecular weight is 448 g/mol. The maximum Gasteiger partial charge on any atom is 0.324 e. The normalized spacial score (nSPS) is 21.4. The zero-order chi connectivity index (χ0) is 22.9. The zero-order valence-corrected chi connectivity index (χ0v) is 18.2. The molecule has 4 N–H and O–H groups in total. The Kier molecular flexibility index (Phi) is 5.35. The number of fused-ring (bicyclic) bond motifs is 1. The summed E-state index contributed by atoms with van der Waals surface area (Å²) in [5.74, 6) is 1.36. The predicted molar refractivity (Wildman–Crippen MR) is 122 cm³/mol. The van der Waals surface area contributed by atoms with E-state index in [0.29, 0.717) is 28.7 Å². The van der Waals surface area contributed by atoms with Gasteiger partial charge in [-0.15, -0.1) is 0 Å². The van der Waals surface area contributed by atoms with Crippen LogP contribution in [0.2, 0.25) is 0 Å². The van der Waals surface area contributed by atoms with Crippen LogP contribution >= 0.6 is 0 Å². The van der Waals surface area contributed by atoms with Crippen LogP contribution in [0.15, 0.2) is 54.6 Å². The summed E-state index contributed by atoms with van der Waals surface area (Å²) in [6.07, 6.45) is -0.609. The van der Waals surface area contributed by atoms with Gasteiger partial charge in [0.15, 0.2) is 17.8 Å². The van der Waals surface area contributed by atoms with Crippen molar-refractivity contribution in [3.63, 3.8) is 0 Å². The molecule has 0 spiro atoms. The largest absolute Gasteiger partial charge is 0.454 e. The number of urea groups is 1. The minimum Gasteiger partial charge on any atom is -0.454 e. The molecule has 3 heterocycles. The second kappa shape index (κ2) is 8.47. The lowest BCUT2D eigenvalue weighted by Crippen LogP contribution is -2.57. The highest BCUT2D eigenvalue weighted by Gasteiger charge is 2.32. The van der Waals surface area contributed by atoms with Crippen LogP contribution in [0.4, 0.5) is 16.3 Å². The Morgan fingerprint density at radius 2 is 1.85 bits per heavy atom. The predicted octanol–water partition coefficient (Wildman–Crippen LogP) is 3.12. The number of rotatable bonds is 4. The van der Waals surface area contributed by atoms with Gasteiger partial charge in [0.05, 0.1) is 11.6 Å². The molecule has 1 aromatic heterocycles. The molecule has 3 unspecified atom stereocenters. The fourth-order valence-electron chi connectivity index (χ4n) is 3.75. The van der Waals surface area contributed by atoms with Crippen LogP contribution in [0.5, 0.6) is 11.5 Å². The molecule has 3 aromatic rings. The summed E-state index contributed by atoms with van der Waals surface area (Å²) in [5, 5.41) is 16.6. The van der Waals surface area contributed by atoms with E-state index in [9.17, 15) is 9.59 Å². The Morgan fingerprint density at radius 1 is 1.06 bits per heavy atom. The molecule has 1 saturated heterocycles. The molecule has 10 heteroatoms. The van der Waals surface area contributed by atoms with Crippen LogP contribution in [-0.4, -0.2) is 34.6 Å². The molecule has 2 aliphatic rings. The van der Waals surface area contributed by atoms with Gasteiger partial charge in [0.2, 0.25) is 12.7 Å². The van der Waals surface area contributed by atoms with E-state index in [1.807, 2.05) is 44.2 Å². The number of carbonyl (C=O) groups excluding carboxylic acids is 2. The number of carbonyl (C=O) groups is 2. The minimum absolute atomic E-state index is 0.0663. The molecule has 33 heavy (non-hydrogen) atoms. The Balaban J connectivity index is 1.41. The molecule has 170 valence electrons. The molecule has 2 aliphatic heterocycles. The van der Waals surface area contributed by atoms with Crippen molar-refractivity contribution >= 4 is 23.4 Å². The molecular weight excluding hydrogens is 424 g/mol. The van der Waals surface area contributed by atoms with Crippen molar-refractivity contribution < 1.29 is 19.1 Å². The van der Waals surface area contributed by atoms with Crippen LogP contribution in [0, 0.1) is 5.92 Å². The number of nitrogens with one attached hydrogen (secondary N) is 4. The third-order valence-electron chi connectivity index (χ3n) is 5.79. The molecule has 0 saturated carbocycles. The van der Waals surface area contributed by atoms with Gasteiger partial charge < -0.3 is 20.1 Å².